The number of likely N-dealkylation sites (N-methyl/N-ethyl adjacent to an activating group) is 1. The van der Waals surface area contributed by atoms with Crippen molar-refractivity contribution in [1.82, 2.24) is 15.1 Å². The van der Waals surface area contributed by atoms with E-state index >= 15 is 0 Å². The predicted molar refractivity (Wildman–Crippen MR) is 124 cm³/mol. The second kappa shape index (κ2) is 8.98. The first-order valence-corrected chi connectivity index (χ1v) is 13.9. The number of nitrogens with zero attached hydrogens (tertiary/aromatic N) is 3. The molecule has 1 N–H and O–H groups in total. The van der Waals surface area contributed by atoms with Crippen molar-refractivity contribution in [1.29, 1.82) is 5.26 Å². The van der Waals surface area contributed by atoms with Gasteiger partial charge in [-0.1, -0.05) is 0 Å². The molecule has 178 valence electrons. The summed E-state index contributed by atoms with van der Waals surface area (Å²) in [5.41, 5.74) is 0.249. The quantitative estimate of drug-likeness (QED) is 0.439. The lowest BCUT2D eigenvalue weighted by molar-refractivity contribution is -0.122. The maximum Gasteiger partial charge on any atom is 0.263 e. The van der Waals surface area contributed by atoms with Crippen LogP contribution in [0.25, 0.3) is 0 Å². The molecule has 0 aromatic carbocycles. The number of nitrogens with one attached hydrogen (secondary N) is 1. The molecule has 8 heteroatoms. The molecule has 0 aromatic rings. The van der Waals surface area contributed by atoms with Crippen LogP contribution in [0.3, 0.4) is 0 Å². The minimum absolute atomic E-state index is 0.0437. The summed E-state index contributed by atoms with van der Waals surface area (Å²) in [6.07, 6.45) is 9.80. The summed E-state index contributed by atoms with van der Waals surface area (Å²) < 4.78 is 24.0. The number of nitriles is 1. The molecular weight excluding hydrogens is 424 g/mol. The SMILES string of the molecule is CC(NC(=O)/C(C#N)=C\N(CCN(C)C)C1CCS(=O)(=O)C1)C12CC3CC(CC(C3)C1)C2. The molecule has 32 heavy (non-hydrogen) atoms. The minimum Gasteiger partial charge on any atom is -0.371 e. The first-order chi connectivity index (χ1) is 15.1. The molecule has 4 bridgehead atoms. The van der Waals surface area contributed by atoms with E-state index in [2.05, 4.69) is 18.3 Å². The Labute approximate surface area is 193 Å². The van der Waals surface area contributed by atoms with Gasteiger partial charge in [-0.25, -0.2) is 8.42 Å². The molecule has 0 radical (unpaired) electrons. The Hall–Kier alpha value is -1.59. The standard InChI is InChI=1S/C24H38N4O3S/c1-17(24-11-18-8-19(12-24)10-20(9-18)13-24)26-23(29)21(14-25)15-28(6-5-27(2)3)22-4-7-32(30,31)16-22/h15,17-20,22H,4-13,16H2,1-3H3,(H,26,29)/b21-15-. The number of sulfone groups is 1. The van der Waals surface area contributed by atoms with Gasteiger partial charge in [0.2, 0.25) is 0 Å². The third-order valence-corrected chi connectivity index (χ3v) is 10.2. The summed E-state index contributed by atoms with van der Waals surface area (Å²) in [6.45, 7) is 3.42. The molecule has 1 aliphatic heterocycles. The average molecular weight is 463 g/mol. The Balaban J connectivity index is 1.47. The van der Waals surface area contributed by atoms with Crippen LogP contribution in [0.5, 0.6) is 0 Å². The Morgan fingerprint density at radius 1 is 1.16 bits per heavy atom. The molecule has 5 aliphatic rings. The molecule has 7 nitrogen and oxygen atoms in total. The number of rotatable bonds is 8. The molecule has 2 atom stereocenters. The van der Waals surface area contributed by atoms with E-state index in [0.29, 0.717) is 13.0 Å². The van der Waals surface area contributed by atoms with Crippen LogP contribution in [-0.4, -0.2) is 74.9 Å². The van der Waals surface area contributed by atoms with Crippen LogP contribution in [-0.2, 0) is 14.6 Å². The fourth-order valence-corrected chi connectivity index (χ4v) is 8.89. The van der Waals surface area contributed by atoms with Crippen LogP contribution in [0.2, 0.25) is 0 Å². The van der Waals surface area contributed by atoms with Gasteiger partial charge in [-0.15, -0.1) is 0 Å². The van der Waals surface area contributed by atoms with Crippen LogP contribution in [0.15, 0.2) is 11.8 Å². The predicted octanol–water partition coefficient (Wildman–Crippen LogP) is 2.17. The Kier molecular flexibility index (Phi) is 6.61. The minimum atomic E-state index is -3.05. The zero-order valence-electron chi connectivity index (χ0n) is 19.7. The molecular formula is C24H38N4O3S. The summed E-state index contributed by atoms with van der Waals surface area (Å²) in [7, 11) is 0.859. The molecule has 1 saturated heterocycles. The van der Waals surface area contributed by atoms with Crippen LogP contribution in [0.4, 0.5) is 0 Å². The zero-order chi connectivity index (χ0) is 23.1. The molecule has 2 unspecified atom stereocenters. The maximum atomic E-state index is 13.1. The number of carbonyl (C=O) groups is 1. The molecule has 0 spiro atoms. The van der Waals surface area contributed by atoms with E-state index in [1.165, 1.54) is 38.5 Å². The van der Waals surface area contributed by atoms with Crippen molar-refractivity contribution in [3.05, 3.63) is 11.8 Å². The Morgan fingerprint density at radius 2 is 1.75 bits per heavy atom. The van der Waals surface area contributed by atoms with Gasteiger partial charge in [0.1, 0.15) is 11.6 Å². The first-order valence-electron chi connectivity index (χ1n) is 12.1. The van der Waals surface area contributed by atoms with Crippen molar-refractivity contribution >= 4 is 15.7 Å². The largest absolute Gasteiger partial charge is 0.371 e. The fourth-order valence-electron chi connectivity index (χ4n) is 7.14. The van der Waals surface area contributed by atoms with Crippen molar-refractivity contribution < 1.29 is 13.2 Å². The van der Waals surface area contributed by atoms with E-state index < -0.39 is 9.84 Å². The lowest BCUT2D eigenvalue weighted by Gasteiger charge is -2.59. The van der Waals surface area contributed by atoms with Gasteiger partial charge in [-0.2, -0.15) is 5.26 Å². The van der Waals surface area contributed by atoms with Gasteiger partial charge in [0.25, 0.3) is 5.91 Å². The summed E-state index contributed by atoms with van der Waals surface area (Å²) in [5, 5.41) is 13.0. The van der Waals surface area contributed by atoms with E-state index in [1.807, 2.05) is 23.9 Å². The zero-order valence-corrected chi connectivity index (χ0v) is 20.5. The Morgan fingerprint density at radius 3 is 2.22 bits per heavy atom. The van der Waals surface area contributed by atoms with E-state index in [1.54, 1.807) is 6.20 Å². The van der Waals surface area contributed by atoms with Gasteiger partial charge in [0.15, 0.2) is 9.84 Å². The molecule has 1 heterocycles. The van der Waals surface area contributed by atoms with Gasteiger partial charge >= 0.3 is 0 Å². The molecule has 4 saturated carbocycles. The second-order valence-electron chi connectivity index (χ2n) is 11.2. The van der Waals surface area contributed by atoms with Crippen molar-refractivity contribution in [2.75, 3.05) is 38.7 Å². The van der Waals surface area contributed by atoms with Gasteiger partial charge < -0.3 is 15.1 Å². The molecule has 1 amide bonds. The summed E-state index contributed by atoms with van der Waals surface area (Å²) in [6, 6.07) is 1.95. The topological polar surface area (TPSA) is 93.5 Å². The van der Waals surface area contributed by atoms with Crippen molar-refractivity contribution in [3.63, 3.8) is 0 Å². The van der Waals surface area contributed by atoms with Gasteiger partial charge in [0, 0.05) is 31.4 Å². The number of carbonyl (C=O) groups excluding carboxylic acids is 1. The normalized spacial score (nSPS) is 36.2. The summed E-state index contributed by atoms with van der Waals surface area (Å²) in [4.78, 5) is 17.1. The van der Waals surface area contributed by atoms with Crippen LogP contribution < -0.4 is 5.32 Å². The van der Waals surface area contributed by atoms with Crippen LogP contribution >= 0.6 is 0 Å². The maximum absolute atomic E-state index is 13.1. The van der Waals surface area contributed by atoms with Crippen molar-refractivity contribution in [2.24, 2.45) is 23.2 Å². The first kappa shape index (κ1) is 23.6. The van der Waals surface area contributed by atoms with Gasteiger partial charge in [-0.3, -0.25) is 4.79 Å². The van der Waals surface area contributed by atoms with E-state index in [0.717, 1.165) is 24.3 Å². The molecule has 5 fully saturated rings. The Bertz CT molecular complexity index is 869. The highest BCUT2D eigenvalue weighted by Crippen LogP contribution is 2.61. The van der Waals surface area contributed by atoms with Gasteiger partial charge in [0.05, 0.1) is 11.5 Å². The van der Waals surface area contributed by atoms with Crippen LogP contribution in [0.1, 0.15) is 51.9 Å². The highest BCUT2D eigenvalue weighted by atomic mass is 32.2. The molecule has 4 aliphatic carbocycles. The number of amides is 1. The molecule has 0 aromatic heterocycles. The smallest absolute Gasteiger partial charge is 0.263 e. The van der Waals surface area contributed by atoms with Crippen LogP contribution in [0, 0.1) is 34.5 Å². The number of hydrogen-bond acceptors (Lipinski definition) is 6. The molecule has 5 rings (SSSR count). The van der Waals surface area contributed by atoms with E-state index in [9.17, 15) is 18.5 Å². The third-order valence-electron chi connectivity index (χ3n) is 8.49. The van der Waals surface area contributed by atoms with E-state index in [4.69, 9.17) is 0 Å². The lowest BCUT2D eigenvalue weighted by atomic mass is 9.48. The van der Waals surface area contributed by atoms with Crippen molar-refractivity contribution in [3.8, 4) is 6.07 Å². The van der Waals surface area contributed by atoms with Gasteiger partial charge in [-0.05, 0) is 89.1 Å². The average Bonchev–Trinajstić information content (AvgIpc) is 3.06. The van der Waals surface area contributed by atoms with E-state index in [-0.39, 0.29) is 40.5 Å². The highest BCUT2D eigenvalue weighted by molar-refractivity contribution is 7.91. The van der Waals surface area contributed by atoms with Crippen molar-refractivity contribution in [2.45, 2.75) is 64.0 Å². The monoisotopic (exact) mass is 462 g/mol. The number of hydrogen-bond donors (Lipinski definition) is 1. The third kappa shape index (κ3) is 4.99. The summed E-state index contributed by atoms with van der Waals surface area (Å²) in [5.74, 6) is 2.33. The summed E-state index contributed by atoms with van der Waals surface area (Å²) >= 11 is 0. The highest BCUT2D eigenvalue weighted by Gasteiger charge is 2.53. The fraction of sp³-hybridized carbons (Fsp3) is 0.833. The lowest BCUT2D eigenvalue weighted by Crippen LogP contribution is -2.56. The second-order valence-corrected chi connectivity index (χ2v) is 13.5.